The van der Waals surface area contributed by atoms with Gasteiger partial charge in [-0.1, -0.05) is 13.0 Å². The molecule has 2 unspecified atom stereocenters. The molecule has 0 aromatic carbocycles. The standard InChI is InChI=1S/C21H37N5OS.HI/c1-17-6-8-25(9-7-17)18(2)15-23-21(22-3)24-16-19(20-5-4-14-28-20)26-10-12-27-13-11-26;/h4-5,14,17-19H,6-13,15-16H2,1-3H3,(H2,22,23,24);1H. The molecule has 0 radical (unpaired) electrons. The van der Waals surface area contributed by atoms with E-state index in [-0.39, 0.29) is 24.0 Å². The molecule has 2 atom stereocenters. The van der Waals surface area contributed by atoms with Gasteiger partial charge in [0, 0.05) is 44.1 Å². The highest BCUT2D eigenvalue weighted by Crippen LogP contribution is 2.25. The topological polar surface area (TPSA) is 52.1 Å². The van der Waals surface area contributed by atoms with Crippen LogP contribution in [-0.4, -0.2) is 81.3 Å². The number of morpholine rings is 1. The number of hydrogen-bond acceptors (Lipinski definition) is 5. The van der Waals surface area contributed by atoms with Crippen molar-refractivity contribution in [2.45, 2.75) is 38.8 Å². The van der Waals surface area contributed by atoms with E-state index in [2.05, 4.69) is 56.8 Å². The summed E-state index contributed by atoms with van der Waals surface area (Å²) in [5.41, 5.74) is 0. The first-order valence-electron chi connectivity index (χ1n) is 10.7. The molecule has 0 aliphatic carbocycles. The molecule has 2 N–H and O–H groups in total. The Kier molecular flexibility index (Phi) is 11.2. The van der Waals surface area contributed by atoms with Gasteiger partial charge in [0.25, 0.3) is 0 Å². The first-order valence-corrected chi connectivity index (χ1v) is 11.6. The molecule has 0 spiro atoms. The zero-order chi connectivity index (χ0) is 19.8. The van der Waals surface area contributed by atoms with Crippen LogP contribution in [-0.2, 0) is 4.74 Å². The van der Waals surface area contributed by atoms with Crippen molar-refractivity contribution in [1.29, 1.82) is 0 Å². The van der Waals surface area contributed by atoms with Crippen molar-refractivity contribution >= 4 is 41.3 Å². The van der Waals surface area contributed by atoms with Crippen LogP contribution in [0, 0.1) is 5.92 Å². The lowest BCUT2D eigenvalue weighted by Crippen LogP contribution is -2.50. The van der Waals surface area contributed by atoms with Crippen LogP contribution in [0.3, 0.4) is 0 Å². The van der Waals surface area contributed by atoms with Gasteiger partial charge in [0.2, 0.25) is 0 Å². The second-order valence-corrected chi connectivity index (χ2v) is 9.06. The van der Waals surface area contributed by atoms with Crippen molar-refractivity contribution in [2.75, 3.05) is 59.5 Å². The molecule has 166 valence electrons. The highest BCUT2D eigenvalue weighted by molar-refractivity contribution is 14.0. The lowest BCUT2D eigenvalue weighted by molar-refractivity contribution is 0.0177. The monoisotopic (exact) mass is 535 g/mol. The molecule has 0 amide bonds. The van der Waals surface area contributed by atoms with E-state index in [0.29, 0.717) is 12.1 Å². The summed E-state index contributed by atoms with van der Waals surface area (Å²) in [5.74, 6) is 1.77. The molecular weight excluding hydrogens is 497 g/mol. The second-order valence-electron chi connectivity index (χ2n) is 8.08. The molecule has 1 aromatic rings. The number of nitrogens with one attached hydrogen (secondary N) is 2. The van der Waals surface area contributed by atoms with E-state index in [0.717, 1.165) is 51.3 Å². The van der Waals surface area contributed by atoms with Crippen molar-refractivity contribution < 1.29 is 4.74 Å². The van der Waals surface area contributed by atoms with Crippen LogP contribution in [0.2, 0.25) is 0 Å². The summed E-state index contributed by atoms with van der Waals surface area (Å²) in [6.07, 6.45) is 2.64. The van der Waals surface area contributed by atoms with Gasteiger partial charge in [0.1, 0.15) is 0 Å². The molecule has 3 heterocycles. The maximum Gasteiger partial charge on any atom is 0.191 e. The van der Waals surface area contributed by atoms with Crippen LogP contribution >= 0.6 is 35.3 Å². The summed E-state index contributed by atoms with van der Waals surface area (Å²) in [6.45, 7) is 12.5. The Bertz CT molecular complexity index is 586. The minimum atomic E-state index is 0. The van der Waals surface area contributed by atoms with Crippen LogP contribution in [0.15, 0.2) is 22.5 Å². The van der Waals surface area contributed by atoms with Crippen LogP contribution < -0.4 is 10.6 Å². The van der Waals surface area contributed by atoms with E-state index in [1.807, 2.05) is 18.4 Å². The van der Waals surface area contributed by atoms with Gasteiger partial charge < -0.3 is 15.4 Å². The van der Waals surface area contributed by atoms with Gasteiger partial charge in [-0.2, -0.15) is 0 Å². The number of halogens is 1. The lowest BCUT2D eigenvalue weighted by atomic mass is 9.98. The number of hydrogen-bond donors (Lipinski definition) is 2. The molecule has 2 aliphatic heterocycles. The number of likely N-dealkylation sites (tertiary alicyclic amines) is 1. The molecule has 2 saturated heterocycles. The number of thiophene rings is 1. The van der Waals surface area contributed by atoms with E-state index in [1.165, 1.54) is 30.8 Å². The van der Waals surface area contributed by atoms with E-state index in [9.17, 15) is 0 Å². The lowest BCUT2D eigenvalue weighted by Gasteiger charge is -2.36. The average molecular weight is 536 g/mol. The Morgan fingerprint density at radius 3 is 2.48 bits per heavy atom. The molecule has 8 heteroatoms. The molecular formula is C21H38IN5OS. The Labute approximate surface area is 197 Å². The van der Waals surface area contributed by atoms with Crippen molar-refractivity contribution in [3.63, 3.8) is 0 Å². The van der Waals surface area contributed by atoms with Crippen molar-refractivity contribution in [1.82, 2.24) is 20.4 Å². The molecule has 3 rings (SSSR count). The largest absolute Gasteiger partial charge is 0.379 e. The average Bonchev–Trinajstić information content (AvgIpc) is 3.26. The summed E-state index contributed by atoms with van der Waals surface area (Å²) in [7, 11) is 1.86. The number of ether oxygens (including phenoxy) is 1. The highest BCUT2D eigenvalue weighted by atomic mass is 127. The minimum Gasteiger partial charge on any atom is -0.379 e. The number of rotatable bonds is 7. The smallest absolute Gasteiger partial charge is 0.191 e. The van der Waals surface area contributed by atoms with Crippen molar-refractivity contribution in [3.05, 3.63) is 22.4 Å². The number of piperidine rings is 1. The van der Waals surface area contributed by atoms with Crippen LogP contribution in [0.5, 0.6) is 0 Å². The third-order valence-electron chi connectivity index (χ3n) is 6.05. The summed E-state index contributed by atoms with van der Waals surface area (Å²) >= 11 is 1.83. The Hall–Kier alpha value is -0.420. The maximum absolute atomic E-state index is 5.54. The maximum atomic E-state index is 5.54. The van der Waals surface area contributed by atoms with Crippen LogP contribution in [0.1, 0.15) is 37.6 Å². The third kappa shape index (κ3) is 7.65. The summed E-state index contributed by atoms with van der Waals surface area (Å²) in [4.78, 5) is 11.0. The number of guanidine groups is 1. The fourth-order valence-corrected chi connectivity index (χ4v) is 4.90. The molecule has 1 aromatic heterocycles. The fraction of sp³-hybridized carbons (Fsp3) is 0.762. The quantitative estimate of drug-likeness (QED) is 0.320. The van der Waals surface area contributed by atoms with Crippen LogP contribution in [0.25, 0.3) is 0 Å². The Morgan fingerprint density at radius 2 is 1.86 bits per heavy atom. The van der Waals surface area contributed by atoms with E-state index < -0.39 is 0 Å². The summed E-state index contributed by atoms with van der Waals surface area (Å²) in [5, 5.41) is 9.27. The number of nitrogens with zero attached hydrogens (tertiary/aromatic N) is 3. The van der Waals surface area contributed by atoms with Gasteiger partial charge in [-0.15, -0.1) is 35.3 Å². The summed E-state index contributed by atoms with van der Waals surface area (Å²) in [6, 6.07) is 5.27. The molecule has 2 fully saturated rings. The predicted molar refractivity (Wildman–Crippen MR) is 134 cm³/mol. The van der Waals surface area contributed by atoms with Gasteiger partial charge in [-0.3, -0.25) is 14.8 Å². The van der Waals surface area contributed by atoms with Gasteiger partial charge in [-0.25, -0.2) is 0 Å². The molecule has 2 aliphatic rings. The van der Waals surface area contributed by atoms with E-state index in [1.54, 1.807) is 0 Å². The van der Waals surface area contributed by atoms with Gasteiger partial charge >= 0.3 is 0 Å². The Morgan fingerprint density at radius 1 is 1.17 bits per heavy atom. The van der Waals surface area contributed by atoms with E-state index in [4.69, 9.17) is 4.74 Å². The third-order valence-corrected chi connectivity index (χ3v) is 7.02. The Balaban J connectivity index is 0.00000300. The molecule has 6 nitrogen and oxygen atoms in total. The van der Waals surface area contributed by atoms with Gasteiger partial charge in [0.05, 0.1) is 19.3 Å². The SMILES string of the molecule is CN=C(NCC(C)N1CCC(C)CC1)NCC(c1cccs1)N1CCOCC1.I. The normalized spacial score (nSPS) is 22.0. The van der Waals surface area contributed by atoms with E-state index >= 15 is 0 Å². The zero-order valence-corrected chi connectivity index (χ0v) is 21.2. The minimum absolute atomic E-state index is 0. The second kappa shape index (κ2) is 13.1. The highest BCUT2D eigenvalue weighted by Gasteiger charge is 2.24. The fourth-order valence-electron chi connectivity index (χ4n) is 4.04. The first kappa shape index (κ1) is 24.8. The van der Waals surface area contributed by atoms with Crippen molar-refractivity contribution in [3.8, 4) is 0 Å². The van der Waals surface area contributed by atoms with Crippen molar-refractivity contribution in [2.24, 2.45) is 10.9 Å². The zero-order valence-electron chi connectivity index (χ0n) is 18.1. The van der Waals surface area contributed by atoms with Gasteiger partial charge in [0.15, 0.2) is 5.96 Å². The molecule has 0 saturated carbocycles. The molecule has 0 bridgehead atoms. The predicted octanol–water partition coefficient (Wildman–Crippen LogP) is 3.02. The number of aliphatic imine (C=N–C) groups is 1. The molecule has 29 heavy (non-hydrogen) atoms. The van der Waals surface area contributed by atoms with Gasteiger partial charge in [-0.05, 0) is 50.2 Å². The first-order chi connectivity index (χ1) is 13.7. The van der Waals surface area contributed by atoms with Crippen LogP contribution in [0.4, 0.5) is 0 Å². The summed E-state index contributed by atoms with van der Waals surface area (Å²) < 4.78 is 5.54.